The quantitative estimate of drug-likeness (QED) is 0.812. The van der Waals surface area contributed by atoms with Gasteiger partial charge >= 0.3 is 0 Å². The first-order chi connectivity index (χ1) is 8.13. The van der Waals surface area contributed by atoms with Gasteiger partial charge in [0.15, 0.2) is 0 Å². The van der Waals surface area contributed by atoms with Gasteiger partial charge in [0.2, 0.25) is 5.91 Å². The molecule has 1 aliphatic rings. The molecule has 0 radical (unpaired) electrons. The molecule has 0 aromatic heterocycles. The molecule has 0 unspecified atom stereocenters. The zero-order valence-electron chi connectivity index (χ0n) is 10.4. The fourth-order valence-electron chi connectivity index (χ4n) is 2.25. The van der Waals surface area contributed by atoms with Gasteiger partial charge in [0.05, 0.1) is 11.4 Å². The number of amides is 1. The van der Waals surface area contributed by atoms with Crippen molar-refractivity contribution in [1.29, 1.82) is 0 Å². The van der Waals surface area contributed by atoms with Crippen molar-refractivity contribution < 1.29 is 4.79 Å². The molecule has 0 saturated carbocycles. The van der Waals surface area contributed by atoms with Crippen LogP contribution >= 0.6 is 0 Å². The van der Waals surface area contributed by atoms with Gasteiger partial charge in [-0.1, -0.05) is 6.07 Å². The van der Waals surface area contributed by atoms with E-state index in [1.165, 1.54) is 11.1 Å². The molecule has 0 atom stereocenters. The van der Waals surface area contributed by atoms with E-state index >= 15 is 0 Å². The first kappa shape index (κ1) is 11.9. The molecule has 1 amide bonds. The second-order valence-corrected chi connectivity index (χ2v) is 4.48. The van der Waals surface area contributed by atoms with Crippen molar-refractivity contribution in [3.63, 3.8) is 0 Å². The van der Waals surface area contributed by atoms with Crippen molar-refractivity contribution >= 4 is 17.3 Å². The van der Waals surface area contributed by atoms with Gasteiger partial charge in [0.1, 0.15) is 0 Å². The second kappa shape index (κ2) is 4.75. The predicted octanol–water partition coefficient (Wildman–Crippen LogP) is 1.41. The number of nitrogens with zero attached hydrogens (tertiary/aromatic N) is 1. The van der Waals surface area contributed by atoms with Gasteiger partial charge in [0.25, 0.3) is 0 Å². The highest BCUT2D eigenvalue weighted by molar-refractivity contribution is 5.97. The number of hydrogen-bond donors (Lipinski definition) is 2. The fraction of sp³-hybridized carbons (Fsp3) is 0.462. The Bertz CT molecular complexity index is 443. The van der Waals surface area contributed by atoms with Crippen LogP contribution in [0.15, 0.2) is 12.1 Å². The molecule has 0 aliphatic carbocycles. The molecule has 1 heterocycles. The Balaban J connectivity index is 2.50. The van der Waals surface area contributed by atoms with Gasteiger partial charge in [-0.05, 0) is 31.0 Å². The minimum absolute atomic E-state index is 0.0778. The maximum atomic E-state index is 11.6. The van der Waals surface area contributed by atoms with Crippen LogP contribution in [0.5, 0.6) is 0 Å². The highest BCUT2D eigenvalue weighted by atomic mass is 16.1. The molecule has 1 aliphatic heterocycles. The van der Waals surface area contributed by atoms with E-state index in [9.17, 15) is 4.79 Å². The fourth-order valence-corrected chi connectivity index (χ4v) is 2.25. The molecule has 17 heavy (non-hydrogen) atoms. The molecule has 0 saturated heterocycles. The lowest BCUT2D eigenvalue weighted by molar-refractivity contribution is -0.115. The van der Waals surface area contributed by atoms with Crippen LogP contribution in [0.1, 0.15) is 17.5 Å². The van der Waals surface area contributed by atoms with Crippen LogP contribution in [-0.4, -0.2) is 25.5 Å². The van der Waals surface area contributed by atoms with E-state index in [0.29, 0.717) is 13.0 Å². The van der Waals surface area contributed by atoms with E-state index < -0.39 is 0 Å². The third kappa shape index (κ3) is 2.26. The summed E-state index contributed by atoms with van der Waals surface area (Å²) in [6, 6.07) is 4.02. The SMILES string of the molecule is Cc1ccc2c(c1C)N(CCN)CCC(=O)N2. The first-order valence-corrected chi connectivity index (χ1v) is 5.98. The summed E-state index contributed by atoms with van der Waals surface area (Å²) in [6.45, 7) is 6.30. The molecule has 4 heteroatoms. The third-order valence-corrected chi connectivity index (χ3v) is 3.30. The van der Waals surface area contributed by atoms with Crippen molar-refractivity contribution in [2.75, 3.05) is 29.9 Å². The van der Waals surface area contributed by atoms with Gasteiger partial charge < -0.3 is 16.0 Å². The van der Waals surface area contributed by atoms with E-state index in [0.717, 1.165) is 24.5 Å². The van der Waals surface area contributed by atoms with Crippen LogP contribution in [0.2, 0.25) is 0 Å². The van der Waals surface area contributed by atoms with E-state index in [1.807, 2.05) is 12.1 Å². The van der Waals surface area contributed by atoms with Crippen molar-refractivity contribution in [3.8, 4) is 0 Å². The molecule has 0 fully saturated rings. The molecule has 3 N–H and O–H groups in total. The van der Waals surface area contributed by atoms with Gasteiger partial charge in [-0.2, -0.15) is 0 Å². The predicted molar refractivity (Wildman–Crippen MR) is 70.4 cm³/mol. The number of nitrogens with one attached hydrogen (secondary N) is 1. The number of nitrogens with two attached hydrogens (primary N) is 1. The van der Waals surface area contributed by atoms with Crippen LogP contribution in [0.3, 0.4) is 0 Å². The number of benzene rings is 1. The van der Waals surface area contributed by atoms with E-state index in [-0.39, 0.29) is 5.91 Å². The monoisotopic (exact) mass is 233 g/mol. The first-order valence-electron chi connectivity index (χ1n) is 5.98. The highest BCUT2D eigenvalue weighted by Crippen LogP contribution is 2.33. The smallest absolute Gasteiger partial charge is 0.226 e. The molecule has 1 aromatic carbocycles. The van der Waals surface area contributed by atoms with Gasteiger partial charge in [-0.15, -0.1) is 0 Å². The summed E-state index contributed by atoms with van der Waals surface area (Å²) in [5.74, 6) is 0.0778. The molecule has 4 nitrogen and oxygen atoms in total. The largest absolute Gasteiger partial charge is 0.368 e. The standard InChI is InChI=1S/C13H19N3O/c1-9-3-4-11-13(10(9)2)16(8-6-14)7-5-12(17)15-11/h3-4H,5-8,14H2,1-2H3,(H,15,17). The van der Waals surface area contributed by atoms with Gasteiger partial charge in [-0.3, -0.25) is 4.79 Å². The molecular formula is C13H19N3O. The number of carbonyl (C=O) groups is 1. The average molecular weight is 233 g/mol. The molecule has 0 spiro atoms. The van der Waals surface area contributed by atoms with Crippen LogP contribution in [0.25, 0.3) is 0 Å². The van der Waals surface area contributed by atoms with Crippen LogP contribution < -0.4 is 16.0 Å². The summed E-state index contributed by atoms with van der Waals surface area (Å²) in [5, 5.41) is 2.96. The number of rotatable bonds is 2. The third-order valence-electron chi connectivity index (χ3n) is 3.30. The summed E-state index contributed by atoms with van der Waals surface area (Å²) in [6.07, 6.45) is 0.521. The maximum Gasteiger partial charge on any atom is 0.226 e. The Morgan fingerprint density at radius 3 is 2.88 bits per heavy atom. The van der Waals surface area contributed by atoms with Crippen molar-refractivity contribution in [2.24, 2.45) is 5.73 Å². The zero-order valence-corrected chi connectivity index (χ0v) is 10.4. The number of fused-ring (bicyclic) bond motifs is 1. The lowest BCUT2D eigenvalue weighted by Crippen LogP contribution is -2.30. The molecule has 92 valence electrons. The Morgan fingerprint density at radius 2 is 2.18 bits per heavy atom. The van der Waals surface area contributed by atoms with Gasteiger partial charge in [-0.25, -0.2) is 0 Å². The summed E-state index contributed by atoms with van der Waals surface area (Å²) in [7, 11) is 0. The lowest BCUT2D eigenvalue weighted by atomic mass is 10.1. The van der Waals surface area contributed by atoms with E-state index in [2.05, 4.69) is 24.1 Å². The average Bonchev–Trinajstić information content (AvgIpc) is 2.45. The summed E-state index contributed by atoms with van der Waals surface area (Å²) < 4.78 is 0. The van der Waals surface area contributed by atoms with Crippen molar-refractivity contribution in [2.45, 2.75) is 20.3 Å². The maximum absolute atomic E-state index is 11.6. The summed E-state index contributed by atoms with van der Waals surface area (Å²) in [5.41, 5.74) is 10.1. The number of anilines is 2. The molecule has 2 rings (SSSR count). The van der Waals surface area contributed by atoms with E-state index in [4.69, 9.17) is 5.73 Å². The topological polar surface area (TPSA) is 58.4 Å². The number of hydrogen-bond acceptors (Lipinski definition) is 3. The van der Waals surface area contributed by atoms with E-state index in [1.54, 1.807) is 0 Å². The molecule has 1 aromatic rings. The van der Waals surface area contributed by atoms with Crippen LogP contribution in [-0.2, 0) is 4.79 Å². The minimum Gasteiger partial charge on any atom is -0.368 e. The van der Waals surface area contributed by atoms with Crippen molar-refractivity contribution in [1.82, 2.24) is 0 Å². The van der Waals surface area contributed by atoms with Crippen LogP contribution in [0, 0.1) is 13.8 Å². The Labute approximate surface area is 102 Å². The zero-order chi connectivity index (χ0) is 12.4. The Kier molecular flexibility index (Phi) is 3.33. The normalized spacial score (nSPS) is 15.2. The number of aryl methyl sites for hydroxylation is 1. The van der Waals surface area contributed by atoms with Crippen LogP contribution in [0.4, 0.5) is 11.4 Å². The summed E-state index contributed by atoms with van der Waals surface area (Å²) >= 11 is 0. The second-order valence-electron chi connectivity index (χ2n) is 4.48. The highest BCUT2D eigenvalue weighted by Gasteiger charge is 2.20. The Morgan fingerprint density at radius 1 is 1.41 bits per heavy atom. The summed E-state index contributed by atoms with van der Waals surface area (Å²) in [4.78, 5) is 13.8. The molecule has 0 bridgehead atoms. The minimum atomic E-state index is 0.0778. The Hall–Kier alpha value is -1.55. The van der Waals surface area contributed by atoms with Crippen molar-refractivity contribution in [3.05, 3.63) is 23.3 Å². The van der Waals surface area contributed by atoms with Gasteiger partial charge in [0, 0.05) is 26.1 Å². The lowest BCUT2D eigenvalue weighted by Gasteiger charge is -2.26. The number of carbonyl (C=O) groups excluding carboxylic acids is 1. The molecular weight excluding hydrogens is 214 g/mol.